The van der Waals surface area contributed by atoms with Gasteiger partial charge < -0.3 is 9.47 Å². The molecule has 0 aliphatic rings. The number of hydrogen-bond donors (Lipinski definition) is 0. The standard InChI is InChI=1S/C16H14N2O2/c1-19-14-7-13(8-15(10-14)20-2)12-4-3-11-5-6-17-18-16(11)9-12/h3-10H,1-2H3. The smallest absolute Gasteiger partial charge is 0.123 e. The Labute approximate surface area is 117 Å². The highest BCUT2D eigenvalue weighted by molar-refractivity contribution is 5.84. The molecule has 0 saturated carbocycles. The van der Waals surface area contributed by atoms with E-state index >= 15 is 0 Å². The maximum absolute atomic E-state index is 5.30. The number of fused-ring (bicyclic) bond motifs is 1. The minimum absolute atomic E-state index is 0.763. The Kier molecular flexibility index (Phi) is 3.21. The predicted octanol–water partition coefficient (Wildman–Crippen LogP) is 3.31. The molecule has 1 heterocycles. The molecule has 1 aromatic heterocycles. The first-order chi connectivity index (χ1) is 9.80. The molecule has 0 atom stereocenters. The second-order valence-electron chi connectivity index (χ2n) is 4.41. The van der Waals surface area contributed by atoms with Gasteiger partial charge in [-0.25, -0.2) is 0 Å². The van der Waals surface area contributed by atoms with E-state index in [1.165, 1.54) is 0 Å². The monoisotopic (exact) mass is 266 g/mol. The number of nitrogens with zero attached hydrogens (tertiary/aromatic N) is 2. The third kappa shape index (κ3) is 2.28. The van der Waals surface area contributed by atoms with Gasteiger partial charge >= 0.3 is 0 Å². The topological polar surface area (TPSA) is 44.2 Å². The zero-order valence-electron chi connectivity index (χ0n) is 11.3. The largest absolute Gasteiger partial charge is 0.497 e. The van der Waals surface area contributed by atoms with Gasteiger partial charge in [0.1, 0.15) is 11.5 Å². The Bertz CT molecular complexity index is 734. The molecule has 4 heteroatoms. The van der Waals surface area contributed by atoms with E-state index < -0.39 is 0 Å². The molecule has 0 amide bonds. The minimum atomic E-state index is 0.763. The zero-order valence-corrected chi connectivity index (χ0v) is 11.3. The van der Waals surface area contributed by atoms with Crippen LogP contribution in [0.3, 0.4) is 0 Å². The molecule has 20 heavy (non-hydrogen) atoms. The van der Waals surface area contributed by atoms with Crippen molar-refractivity contribution in [1.29, 1.82) is 0 Å². The second kappa shape index (κ2) is 5.17. The second-order valence-corrected chi connectivity index (χ2v) is 4.41. The van der Waals surface area contributed by atoms with Gasteiger partial charge in [-0.2, -0.15) is 10.2 Å². The number of benzene rings is 2. The normalized spacial score (nSPS) is 10.5. The zero-order chi connectivity index (χ0) is 13.9. The van der Waals surface area contributed by atoms with Crippen molar-refractivity contribution in [3.05, 3.63) is 48.7 Å². The summed E-state index contributed by atoms with van der Waals surface area (Å²) >= 11 is 0. The number of aromatic nitrogens is 2. The third-order valence-electron chi connectivity index (χ3n) is 3.20. The lowest BCUT2D eigenvalue weighted by Gasteiger charge is -2.09. The number of methoxy groups -OCH3 is 2. The van der Waals surface area contributed by atoms with Crippen molar-refractivity contribution >= 4 is 10.9 Å². The first kappa shape index (κ1) is 12.4. The summed E-state index contributed by atoms with van der Waals surface area (Å²) in [6.45, 7) is 0. The quantitative estimate of drug-likeness (QED) is 0.729. The highest BCUT2D eigenvalue weighted by Gasteiger charge is 2.05. The highest BCUT2D eigenvalue weighted by Crippen LogP contribution is 2.30. The summed E-state index contributed by atoms with van der Waals surface area (Å²) in [5.41, 5.74) is 2.94. The maximum Gasteiger partial charge on any atom is 0.123 e. The lowest BCUT2D eigenvalue weighted by molar-refractivity contribution is 0.394. The lowest BCUT2D eigenvalue weighted by atomic mass is 10.0. The molecule has 0 fully saturated rings. The summed E-state index contributed by atoms with van der Waals surface area (Å²) in [4.78, 5) is 0. The molecule has 0 bridgehead atoms. The van der Waals surface area contributed by atoms with E-state index in [1.54, 1.807) is 20.4 Å². The van der Waals surface area contributed by atoms with Crippen LogP contribution in [0.2, 0.25) is 0 Å². The summed E-state index contributed by atoms with van der Waals surface area (Å²) in [5, 5.41) is 9.12. The maximum atomic E-state index is 5.30. The van der Waals surface area contributed by atoms with Gasteiger partial charge in [0.2, 0.25) is 0 Å². The van der Waals surface area contributed by atoms with Crippen molar-refractivity contribution < 1.29 is 9.47 Å². The van der Waals surface area contributed by atoms with E-state index in [0.717, 1.165) is 33.5 Å². The molecule has 2 aromatic carbocycles. The first-order valence-corrected chi connectivity index (χ1v) is 6.25. The van der Waals surface area contributed by atoms with Crippen LogP contribution in [0.4, 0.5) is 0 Å². The molecule has 0 radical (unpaired) electrons. The molecule has 0 aliphatic carbocycles. The minimum Gasteiger partial charge on any atom is -0.497 e. The Balaban J connectivity index is 2.14. The van der Waals surface area contributed by atoms with Crippen LogP contribution in [-0.2, 0) is 0 Å². The van der Waals surface area contributed by atoms with Crippen LogP contribution in [0.5, 0.6) is 11.5 Å². The van der Waals surface area contributed by atoms with Crippen LogP contribution < -0.4 is 9.47 Å². The summed E-state index contributed by atoms with van der Waals surface area (Å²) in [5.74, 6) is 1.53. The molecular weight excluding hydrogens is 252 g/mol. The molecular formula is C16H14N2O2. The summed E-state index contributed by atoms with van der Waals surface area (Å²) in [6, 6.07) is 13.8. The van der Waals surface area contributed by atoms with Gasteiger partial charge in [-0.1, -0.05) is 12.1 Å². The van der Waals surface area contributed by atoms with Crippen LogP contribution in [0.1, 0.15) is 0 Å². The van der Waals surface area contributed by atoms with Crippen LogP contribution in [0, 0.1) is 0 Å². The average Bonchev–Trinajstić information content (AvgIpc) is 2.53. The molecule has 3 aromatic rings. The number of hydrogen-bond acceptors (Lipinski definition) is 4. The molecule has 100 valence electrons. The average molecular weight is 266 g/mol. The Morgan fingerprint density at radius 2 is 1.55 bits per heavy atom. The van der Waals surface area contributed by atoms with E-state index in [-0.39, 0.29) is 0 Å². The van der Waals surface area contributed by atoms with Crippen LogP contribution in [0.25, 0.3) is 22.0 Å². The Morgan fingerprint density at radius 1 is 0.800 bits per heavy atom. The molecule has 0 aliphatic heterocycles. The van der Waals surface area contributed by atoms with Crippen molar-refractivity contribution in [2.45, 2.75) is 0 Å². The van der Waals surface area contributed by atoms with E-state index in [9.17, 15) is 0 Å². The third-order valence-corrected chi connectivity index (χ3v) is 3.20. The van der Waals surface area contributed by atoms with Gasteiger partial charge in [0.25, 0.3) is 0 Å². The van der Waals surface area contributed by atoms with Gasteiger partial charge in [-0.15, -0.1) is 0 Å². The number of ether oxygens (including phenoxy) is 2. The van der Waals surface area contributed by atoms with Crippen LogP contribution >= 0.6 is 0 Å². The lowest BCUT2D eigenvalue weighted by Crippen LogP contribution is -1.89. The van der Waals surface area contributed by atoms with Gasteiger partial charge in [0.05, 0.1) is 25.9 Å². The Hall–Kier alpha value is -2.62. The van der Waals surface area contributed by atoms with Gasteiger partial charge in [0, 0.05) is 11.5 Å². The van der Waals surface area contributed by atoms with Crippen molar-refractivity contribution in [2.24, 2.45) is 0 Å². The van der Waals surface area contributed by atoms with E-state index in [4.69, 9.17) is 9.47 Å². The summed E-state index contributed by atoms with van der Waals surface area (Å²) in [7, 11) is 3.29. The van der Waals surface area contributed by atoms with Crippen molar-refractivity contribution in [1.82, 2.24) is 10.2 Å². The van der Waals surface area contributed by atoms with Gasteiger partial charge in [0.15, 0.2) is 0 Å². The molecule has 0 N–H and O–H groups in total. The van der Waals surface area contributed by atoms with Gasteiger partial charge in [-0.05, 0) is 35.4 Å². The van der Waals surface area contributed by atoms with E-state index in [1.807, 2.05) is 36.4 Å². The fraction of sp³-hybridized carbons (Fsp3) is 0.125. The van der Waals surface area contributed by atoms with Crippen molar-refractivity contribution in [3.8, 4) is 22.6 Å². The Morgan fingerprint density at radius 3 is 2.25 bits per heavy atom. The fourth-order valence-corrected chi connectivity index (χ4v) is 2.13. The molecule has 4 nitrogen and oxygen atoms in total. The molecule has 3 rings (SSSR count). The van der Waals surface area contributed by atoms with Crippen molar-refractivity contribution in [2.75, 3.05) is 14.2 Å². The predicted molar refractivity (Wildman–Crippen MR) is 78.1 cm³/mol. The van der Waals surface area contributed by atoms with Gasteiger partial charge in [-0.3, -0.25) is 0 Å². The van der Waals surface area contributed by atoms with E-state index in [0.29, 0.717) is 0 Å². The molecule has 0 unspecified atom stereocenters. The first-order valence-electron chi connectivity index (χ1n) is 6.25. The summed E-state index contributed by atoms with van der Waals surface area (Å²) in [6.07, 6.45) is 1.69. The SMILES string of the molecule is COc1cc(OC)cc(-c2ccc3ccnnc3c2)c1. The fourth-order valence-electron chi connectivity index (χ4n) is 2.13. The van der Waals surface area contributed by atoms with Crippen LogP contribution in [0.15, 0.2) is 48.7 Å². The molecule has 0 saturated heterocycles. The summed E-state index contributed by atoms with van der Waals surface area (Å²) < 4.78 is 10.6. The highest BCUT2D eigenvalue weighted by atomic mass is 16.5. The molecule has 0 spiro atoms. The van der Waals surface area contributed by atoms with Crippen LogP contribution in [-0.4, -0.2) is 24.4 Å². The number of rotatable bonds is 3. The van der Waals surface area contributed by atoms with Crippen molar-refractivity contribution in [3.63, 3.8) is 0 Å². The van der Waals surface area contributed by atoms with E-state index in [2.05, 4.69) is 16.3 Å².